The second kappa shape index (κ2) is 29.9. The summed E-state index contributed by atoms with van der Waals surface area (Å²) in [5, 5.41) is 33.5. The van der Waals surface area contributed by atoms with E-state index in [0.29, 0.717) is 56.2 Å². The van der Waals surface area contributed by atoms with Gasteiger partial charge in [-0.1, -0.05) is 73.5 Å². The molecule has 26 nitrogen and oxygen atoms in total. The van der Waals surface area contributed by atoms with Gasteiger partial charge in [-0.05, 0) is 87.7 Å². The topological polar surface area (TPSA) is 419 Å². The second-order valence-corrected chi connectivity index (χ2v) is 20.9. The molecule has 0 spiro atoms. The number of hydrogen-bond acceptors (Lipinski definition) is 13. The van der Waals surface area contributed by atoms with Gasteiger partial charge in [0, 0.05) is 45.1 Å². The number of carbonyl (C=O) groups is 9. The zero-order valence-corrected chi connectivity index (χ0v) is 45.1. The third-order valence-corrected chi connectivity index (χ3v) is 15.2. The molecule has 2 aromatic carbocycles. The molecule has 1 aliphatic carbocycles. The maximum absolute atomic E-state index is 14.5. The molecule has 3 heterocycles. The van der Waals surface area contributed by atoms with Gasteiger partial charge in [0.25, 0.3) is 0 Å². The largest absolute Gasteiger partial charge is 0.480 e. The van der Waals surface area contributed by atoms with Gasteiger partial charge in [0.2, 0.25) is 47.3 Å². The molecule has 0 bridgehead atoms. The summed E-state index contributed by atoms with van der Waals surface area (Å²) in [5.74, 6) is -6.67. The van der Waals surface area contributed by atoms with Crippen LogP contribution in [0.1, 0.15) is 94.6 Å². The van der Waals surface area contributed by atoms with Crippen LogP contribution in [-0.2, 0) is 56.0 Å². The molecule has 26 heteroatoms. The highest BCUT2D eigenvalue weighted by Gasteiger charge is 2.51. The smallest absolute Gasteiger partial charge is 0.326 e. The van der Waals surface area contributed by atoms with E-state index in [0.717, 1.165) is 25.7 Å². The average molecular weight is 1110 g/mol. The Bertz CT molecular complexity index is 2550. The van der Waals surface area contributed by atoms with Crippen LogP contribution in [0, 0.1) is 5.92 Å². The number of rotatable bonds is 27. The zero-order valence-electron chi connectivity index (χ0n) is 45.1. The summed E-state index contributed by atoms with van der Waals surface area (Å²) in [6.45, 7) is -0.744. The van der Waals surface area contributed by atoms with E-state index in [4.69, 9.17) is 28.7 Å². The first kappa shape index (κ1) is 61.3. The number of aliphatic hydroxyl groups excluding tert-OH is 1. The van der Waals surface area contributed by atoms with Gasteiger partial charge in [-0.25, -0.2) is 4.79 Å². The van der Waals surface area contributed by atoms with Crippen LogP contribution in [-0.4, -0.2) is 184 Å². The molecule has 1 saturated carbocycles. The number of aliphatic carboxylic acids is 1. The monoisotopic (exact) mass is 1110 g/mol. The number of carboxylic acid groups (broad SMARTS) is 1. The van der Waals surface area contributed by atoms with Crippen molar-refractivity contribution in [3.63, 3.8) is 0 Å². The molecule has 4 fully saturated rings. The van der Waals surface area contributed by atoms with Gasteiger partial charge < -0.3 is 80.2 Å². The average Bonchev–Trinajstić information content (AvgIpc) is 4.30. The van der Waals surface area contributed by atoms with Crippen LogP contribution in [0.3, 0.4) is 0 Å². The molecular weight excluding hydrogens is 1030 g/mol. The van der Waals surface area contributed by atoms with Crippen molar-refractivity contribution in [2.45, 2.75) is 151 Å². The van der Waals surface area contributed by atoms with Crippen LogP contribution in [0.15, 0.2) is 70.6 Å². The quantitative estimate of drug-likeness (QED) is 0.0244. The maximum Gasteiger partial charge on any atom is 0.326 e. The zero-order chi connectivity index (χ0) is 57.9. The summed E-state index contributed by atoms with van der Waals surface area (Å²) >= 11 is 0. The predicted octanol–water partition coefficient (Wildman–Crippen LogP) is -2.82. The molecule has 80 heavy (non-hydrogen) atoms. The van der Waals surface area contributed by atoms with Gasteiger partial charge in [-0.2, -0.15) is 0 Å². The predicted molar refractivity (Wildman–Crippen MR) is 294 cm³/mol. The van der Waals surface area contributed by atoms with Crippen LogP contribution >= 0.6 is 0 Å². The third kappa shape index (κ3) is 17.1. The Hall–Kier alpha value is -7.87. The molecule has 2 aromatic rings. The molecule has 17 N–H and O–H groups in total. The van der Waals surface area contributed by atoms with Crippen LogP contribution in [0.4, 0.5) is 0 Å². The van der Waals surface area contributed by atoms with E-state index < -0.39 is 103 Å². The van der Waals surface area contributed by atoms with Crippen molar-refractivity contribution in [2.24, 2.45) is 44.6 Å². The molecule has 436 valence electrons. The van der Waals surface area contributed by atoms with Gasteiger partial charge in [0.15, 0.2) is 11.9 Å². The molecule has 3 unspecified atom stereocenters. The number of carboxylic acids is 1. The normalized spacial score (nSPS) is 21.3. The molecule has 8 amide bonds. The second-order valence-electron chi connectivity index (χ2n) is 20.9. The Morgan fingerprint density at radius 3 is 1.71 bits per heavy atom. The van der Waals surface area contributed by atoms with Crippen LogP contribution in [0.5, 0.6) is 0 Å². The number of likely N-dealkylation sites (tertiary alicyclic amines) is 3. The highest BCUT2D eigenvalue weighted by atomic mass is 16.4. The van der Waals surface area contributed by atoms with E-state index in [1.807, 2.05) is 0 Å². The molecular formula is C54H79N15O11. The summed E-state index contributed by atoms with van der Waals surface area (Å²) in [7, 11) is 0. The number of nitrogens with one attached hydrogen (secondary N) is 5. The summed E-state index contributed by atoms with van der Waals surface area (Å²) in [5.41, 5.74) is 29.4. The fourth-order valence-electron chi connectivity index (χ4n) is 11.2. The molecule has 10 atom stereocenters. The number of guanidine groups is 2. The summed E-state index contributed by atoms with van der Waals surface area (Å²) in [4.78, 5) is 137. The first-order valence-corrected chi connectivity index (χ1v) is 27.6. The van der Waals surface area contributed by atoms with Crippen molar-refractivity contribution in [1.82, 2.24) is 41.3 Å². The van der Waals surface area contributed by atoms with E-state index >= 15 is 0 Å². The molecule has 3 aliphatic heterocycles. The lowest BCUT2D eigenvalue weighted by molar-refractivity contribution is -0.148. The Kier molecular flexibility index (Phi) is 22.9. The van der Waals surface area contributed by atoms with E-state index in [1.165, 1.54) is 9.80 Å². The SMILES string of the molecule is NC(N)=NCCC[C@H](NC(=O)[C@H](Cc1ccccc1)NC(=O)[C@@H]1CCCN1C(=O)[C@H](CO)NC(=O)[C@H](Cc1ccccc1)NC(=O)CNC(=O)[C@@H]1CCCN1C(=O)C1CC2CCCCC2N1C(=O)[C@@H](N)CCCN=C(N)N)C(=O)O. The standard InChI is InChI=1S/C54H79N15O11/c55-35(18-9-23-60-53(56)57)49(76)69-40-20-8-7-17-34(40)29-43(69)51(78)68-26-11-21-41(68)47(74)62-30-44(71)63-37(27-32-13-3-1-4-14-32)45(72)66-39(31-70)50(77)67-25-12-22-42(67)48(75)65-38(28-33-15-5-2-6-16-33)46(73)64-36(52(79)80)19-10-24-61-54(58)59/h1-6,13-16,34-43,70H,7-12,17-31,55H2,(H,62,74)(H,63,71)(H,64,73)(H,65,75)(H,66,72)(H,79,80)(H4,56,57,60)(H4,58,59,61)/t34?,35-,36-,37-,38-,39-,40?,41-,42-,43?/m0/s1. The van der Waals surface area contributed by atoms with E-state index in [9.17, 15) is 53.4 Å². The van der Waals surface area contributed by atoms with Gasteiger partial charge >= 0.3 is 5.97 Å². The minimum absolute atomic E-state index is 0.0204. The minimum atomic E-state index is -1.59. The Balaban J connectivity index is 1.08. The first-order chi connectivity index (χ1) is 38.4. The summed E-state index contributed by atoms with van der Waals surface area (Å²) < 4.78 is 0. The lowest BCUT2D eigenvalue weighted by atomic mass is 9.84. The number of aliphatic hydroxyl groups is 1. The van der Waals surface area contributed by atoms with Crippen molar-refractivity contribution >= 4 is 65.1 Å². The fourth-order valence-corrected chi connectivity index (χ4v) is 11.2. The summed E-state index contributed by atoms with van der Waals surface area (Å²) in [6.07, 6.45) is 6.14. The highest BCUT2D eigenvalue weighted by molar-refractivity contribution is 5.98. The first-order valence-electron chi connectivity index (χ1n) is 27.6. The number of aliphatic imine (C=N–C) groups is 2. The third-order valence-electron chi connectivity index (χ3n) is 15.2. The van der Waals surface area contributed by atoms with Crippen molar-refractivity contribution in [3.8, 4) is 0 Å². The molecule has 6 rings (SSSR count). The number of benzene rings is 2. The number of hydrogen-bond donors (Lipinski definition) is 12. The Labute approximate surface area is 464 Å². The molecule has 0 aromatic heterocycles. The minimum Gasteiger partial charge on any atom is -0.480 e. The maximum atomic E-state index is 14.5. The van der Waals surface area contributed by atoms with Gasteiger partial charge in [-0.3, -0.25) is 48.3 Å². The lowest BCUT2D eigenvalue weighted by Gasteiger charge is -2.36. The number of carbonyl (C=O) groups excluding carboxylic acids is 8. The van der Waals surface area contributed by atoms with Crippen molar-refractivity contribution < 1.29 is 53.4 Å². The number of nitrogens with zero attached hydrogens (tertiary/aromatic N) is 5. The number of amides is 8. The fraction of sp³-hybridized carbons (Fsp3) is 0.574. The van der Waals surface area contributed by atoms with Gasteiger partial charge in [0.1, 0.15) is 42.3 Å². The molecule has 0 radical (unpaired) electrons. The van der Waals surface area contributed by atoms with E-state index in [1.54, 1.807) is 65.6 Å². The van der Waals surface area contributed by atoms with Crippen molar-refractivity contribution in [3.05, 3.63) is 71.8 Å². The van der Waals surface area contributed by atoms with E-state index in [-0.39, 0.29) is 87.4 Å². The Morgan fingerprint density at radius 2 is 1.14 bits per heavy atom. The van der Waals surface area contributed by atoms with Crippen molar-refractivity contribution in [1.29, 1.82) is 0 Å². The lowest BCUT2D eigenvalue weighted by Crippen LogP contribution is -2.60. The summed E-state index contributed by atoms with van der Waals surface area (Å²) in [6, 6.07) is 7.89. The number of fused-ring (bicyclic) bond motifs is 1. The molecule has 4 aliphatic rings. The van der Waals surface area contributed by atoms with Crippen molar-refractivity contribution in [2.75, 3.05) is 39.3 Å². The van der Waals surface area contributed by atoms with Crippen LogP contribution in [0.2, 0.25) is 0 Å². The highest BCUT2D eigenvalue weighted by Crippen LogP contribution is 2.41. The Morgan fingerprint density at radius 1 is 0.600 bits per heavy atom. The van der Waals surface area contributed by atoms with Gasteiger partial charge in [0.05, 0.1) is 19.2 Å². The van der Waals surface area contributed by atoms with E-state index in [2.05, 4.69) is 36.6 Å². The molecule has 3 saturated heterocycles. The van der Waals surface area contributed by atoms with Crippen LogP contribution < -0.4 is 55.3 Å². The van der Waals surface area contributed by atoms with Crippen LogP contribution in [0.25, 0.3) is 0 Å². The number of nitrogens with two attached hydrogens (primary N) is 5. The van der Waals surface area contributed by atoms with Gasteiger partial charge in [-0.15, -0.1) is 0 Å².